The zero-order valence-corrected chi connectivity index (χ0v) is 12.4. The molecule has 120 valence electrons. The summed E-state index contributed by atoms with van der Waals surface area (Å²) in [6.45, 7) is -0.0337. The van der Waals surface area contributed by atoms with Crippen LogP contribution in [0.1, 0.15) is 19.3 Å². The van der Waals surface area contributed by atoms with E-state index in [1.807, 2.05) is 30.3 Å². The fourth-order valence-corrected chi connectivity index (χ4v) is 2.75. The number of tetrazole rings is 1. The first kappa shape index (κ1) is 15.1. The van der Waals surface area contributed by atoms with Crippen molar-refractivity contribution in [2.75, 3.05) is 0 Å². The lowest BCUT2D eigenvalue weighted by Gasteiger charge is -2.11. The topological polar surface area (TPSA) is 110 Å². The molecule has 8 heteroatoms. The standard InChI is InChI=1S/C15H17N5O3/c21-13(16-12-7-6-11(8-12)15(22)23)9-20-18-14(17-19-20)10-4-2-1-3-5-10/h1-5,11-12H,6-9H2,(H,16,21)(H,22,23)/t11-,12+/m0/s1. The van der Waals surface area contributed by atoms with Gasteiger partial charge in [-0.15, -0.1) is 10.2 Å². The Hall–Kier alpha value is -2.77. The molecule has 0 radical (unpaired) electrons. The smallest absolute Gasteiger partial charge is 0.306 e. The van der Waals surface area contributed by atoms with Gasteiger partial charge in [-0.2, -0.15) is 4.80 Å². The Labute approximate surface area is 132 Å². The summed E-state index contributed by atoms with van der Waals surface area (Å²) in [5.74, 6) is -0.940. The highest BCUT2D eigenvalue weighted by Crippen LogP contribution is 2.25. The predicted octanol–water partition coefficient (Wildman–Crippen LogP) is 0.710. The lowest BCUT2D eigenvalue weighted by atomic mass is 10.1. The highest BCUT2D eigenvalue weighted by Gasteiger charge is 2.30. The van der Waals surface area contributed by atoms with Crippen molar-refractivity contribution in [3.05, 3.63) is 30.3 Å². The van der Waals surface area contributed by atoms with Crippen molar-refractivity contribution in [2.45, 2.75) is 31.8 Å². The second-order valence-corrected chi connectivity index (χ2v) is 5.62. The van der Waals surface area contributed by atoms with Gasteiger partial charge in [0.2, 0.25) is 11.7 Å². The molecule has 2 atom stereocenters. The SMILES string of the molecule is O=C(Cn1nnc(-c2ccccc2)n1)N[C@@H]1CC[C@H](C(=O)O)C1. The van der Waals surface area contributed by atoms with Crippen molar-refractivity contribution in [3.63, 3.8) is 0 Å². The van der Waals surface area contributed by atoms with Crippen molar-refractivity contribution in [1.29, 1.82) is 0 Å². The average molecular weight is 315 g/mol. The van der Waals surface area contributed by atoms with Crippen molar-refractivity contribution in [1.82, 2.24) is 25.5 Å². The molecule has 1 heterocycles. The summed E-state index contributed by atoms with van der Waals surface area (Å²) < 4.78 is 0. The molecule has 1 amide bonds. The summed E-state index contributed by atoms with van der Waals surface area (Å²) >= 11 is 0. The maximum Gasteiger partial charge on any atom is 0.306 e. The number of hydrogen-bond donors (Lipinski definition) is 2. The van der Waals surface area contributed by atoms with Gasteiger partial charge in [0.25, 0.3) is 0 Å². The van der Waals surface area contributed by atoms with Gasteiger partial charge in [0.1, 0.15) is 6.54 Å². The van der Waals surface area contributed by atoms with Crippen LogP contribution in [0.4, 0.5) is 0 Å². The molecule has 2 N–H and O–H groups in total. The number of aliphatic carboxylic acids is 1. The van der Waals surface area contributed by atoms with Crippen LogP contribution in [0.5, 0.6) is 0 Å². The van der Waals surface area contributed by atoms with E-state index in [0.717, 1.165) is 5.56 Å². The number of rotatable bonds is 5. The largest absolute Gasteiger partial charge is 0.481 e. The van der Waals surface area contributed by atoms with E-state index < -0.39 is 5.97 Å². The monoisotopic (exact) mass is 315 g/mol. The summed E-state index contributed by atoms with van der Waals surface area (Å²) in [6.07, 6.45) is 1.75. The van der Waals surface area contributed by atoms with Crippen LogP contribution < -0.4 is 5.32 Å². The maximum atomic E-state index is 12.0. The quantitative estimate of drug-likeness (QED) is 0.841. The highest BCUT2D eigenvalue weighted by molar-refractivity contribution is 5.76. The number of carbonyl (C=O) groups is 2. The van der Waals surface area contributed by atoms with Crippen molar-refractivity contribution in [3.8, 4) is 11.4 Å². The van der Waals surface area contributed by atoms with E-state index in [1.54, 1.807) is 0 Å². The van der Waals surface area contributed by atoms with Crippen LogP contribution in [0.25, 0.3) is 11.4 Å². The van der Waals surface area contributed by atoms with E-state index in [9.17, 15) is 9.59 Å². The van der Waals surface area contributed by atoms with Crippen molar-refractivity contribution in [2.24, 2.45) is 5.92 Å². The first-order chi connectivity index (χ1) is 11.1. The molecule has 2 aromatic rings. The molecule has 0 spiro atoms. The number of carboxylic acids is 1. The molecule has 23 heavy (non-hydrogen) atoms. The minimum Gasteiger partial charge on any atom is -0.481 e. The van der Waals surface area contributed by atoms with E-state index in [1.165, 1.54) is 4.80 Å². The number of aromatic nitrogens is 4. The summed E-state index contributed by atoms with van der Waals surface area (Å²) in [6, 6.07) is 9.29. The van der Waals surface area contributed by atoms with Gasteiger partial charge in [0.15, 0.2) is 0 Å². The molecular weight excluding hydrogens is 298 g/mol. The minimum absolute atomic E-state index is 0.0337. The normalized spacial score (nSPS) is 20.3. The fourth-order valence-electron chi connectivity index (χ4n) is 2.75. The fraction of sp³-hybridized carbons (Fsp3) is 0.400. The van der Waals surface area contributed by atoms with E-state index in [-0.39, 0.29) is 24.4 Å². The van der Waals surface area contributed by atoms with Gasteiger partial charge in [-0.1, -0.05) is 30.3 Å². The number of benzene rings is 1. The highest BCUT2D eigenvalue weighted by atomic mass is 16.4. The molecule has 1 saturated carbocycles. The van der Waals surface area contributed by atoms with Gasteiger partial charge in [0, 0.05) is 11.6 Å². The molecule has 0 bridgehead atoms. The Morgan fingerprint density at radius 3 is 2.74 bits per heavy atom. The molecule has 1 aliphatic carbocycles. The summed E-state index contributed by atoms with van der Waals surface area (Å²) in [4.78, 5) is 24.2. The average Bonchev–Trinajstić information content (AvgIpc) is 3.18. The zero-order chi connectivity index (χ0) is 16.2. The third-order valence-electron chi connectivity index (χ3n) is 3.92. The number of nitrogens with one attached hydrogen (secondary N) is 1. The number of hydrogen-bond acceptors (Lipinski definition) is 5. The Morgan fingerprint density at radius 1 is 1.26 bits per heavy atom. The van der Waals surface area contributed by atoms with Crippen LogP contribution >= 0.6 is 0 Å². The molecule has 1 aromatic heterocycles. The van der Waals surface area contributed by atoms with Crippen molar-refractivity contribution < 1.29 is 14.7 Å². The Bertz CT molecular complexity index is 700. The van der Waals surface area contributed by atoms with Gasteiger partial charge in [0.05, 0.1) is 5.92 Å². The van der Waals surface area contributed by atoms with E-state index in [0.29, 0.717) is 25.1 Å². The molecule has 0 saturated heterocycles. The molecule has 0 unspecified atom stereocenters. The second kappa shape index (κ2) is 6.55. The van der Waals surface area contributed by atoms with Gasteiger partial charge in [-0.05, 0) is 24.5 Å². The summed E-state index contributed by atoms with van der Waals surface area (Å²) in [5, 5.41) is 23.8. The number of carboxylic acid groups (broad SMARTS) is 1. The number of amides is 1. The van der Waals surface area contributed by atoms with Gasteiger partial charge >= 0.3 is 5.97 Å². The molecule has 8 nitrogen and oxygen atoms in total. The molecule has 0 aliphatic heterocycles. The molecule has 3 rings (SSSR count). The van der Waals surface area contributed by atoms with Gasteiger partial charge in [-0.3, -0.25) is 9.59 Å². The van der Waals surface area contributed by atoms with Crippen LogP contribution in [0.3, 0.4) is 0 Å². The van der Waals surface area contributed by atoms with Gasteiger partial charge < -0.3 is 10.4 Å². The van der Waals surface area contributed by atoms with Crippen LogP contribution in [0, 0.1) is 5.92 Å². The molecular formula is C15H17N5O3. The third kappa shape index (κ3) is 3.71. The van der Waals surface area contributed by atoms with Crippen LogP contribution in [0.2, 0.25) is 0 Å². The Kier molecular flexibility index (Phi) is 4.31. The summed E-state index contributed by atoms with van der Waals surface area (Å²) in [7, 11) is 0. The zero-order valence-electron chi connectivity index (χ0n) is 12.4. The molecule has 1 fully saturated rings. The Morgan fingerprint density at radius 2 is 2.04 bits per heavy atom. The van der Waals surface area contributed by atoms with E-state index in [2.05, 4.69) is 20.7 Å². The first-order valence-electron chi connectivity index (χ1n) is 7.47. The van der Waals surface area contributed by atoms with E-state index >= 15 is 0 Å². The van der Waals surface area contributed by atoms with Crippen molar-refractivity contribution >= 4 is 11.9 Å². The second-order valence-electron chi connectivity index (χ2n) is 5.62. The number of nitrogens with zero attached hydrogens (tertiary/aromatic N) is 4. The summed E-state index contributed by atoms with van der Waals surface area (Å²) in [5.41, 5.74) is 0.833. The Balaban J connectivity index is 1.55. The van der Waals surface area contributed by atoms with Gasteiger partial charge in [-0.25, -0.2) is 0 Å². The maximum absolute atomic E-state index is 12.0. The van der Waals surface area contributed by atoms with Crippen LogP contribution in [-0.2, 0) is 16.1 Å². The number of carbonyl (C=O) groups excluding carboxylic acids is 1. The minimum atomic E-state index is -0.799. The van der Waals surface area contributed by atoms with E-state index in [4.69, 9.17) is 5.11 Å². The lowest BCUT2D eigenvalue weighted by molar-refractivity contribution is -0.141. The first-order valence-corrected chi connectivity index (χ1v) is 7.47. The lowest BCUT2D eigenvalue weighted by Crippen LogP contribution is -2.36. The van der Waals surface area contributed by atoms with Crippen LogP contribution in [-0.4, -0.2) is 43.2 Å². The molecule has 1 aromatic carbocycles. The van der Waals surface area contributed by atoms with Crippen LogP contribution in [0.15, 0.2) is 30.3 Å². The third-order valence-corrected chi connectivity index (χ3v) is 3.92. The molecule has 1 aliphatic rings. The predicted molar refractivity (Wildman–Crippen MR) is 80.2 cm³/mol.